The van der Waals surface area contributed by atoms with Crippen molar-refractivity contribution in [2.75, 3.05) is 26.2 Å². The maximum Gasteiger partial charge on any atom is 0.269 e. The van der Waals surface area contributed by atoms with Crippen LogP contribution in [0.4, 0.5) is 0 Å². The van der Waals surface area contributed by atoms with Gasteiger partial charge in [-0.1, -0.05) is 24.3 Å². The average molecular weight is 326 g/mol. The van der Waals surface area contributed by atoms with Crippen LogP contribution < -0.4 is 10.9 Å². The van der Waals surface area contributed by atoms with Gasteiger partial charge < -0.3 is 15.2 Å². The molecule has 0 saturated carbocycles. The molecule has 0 aliphatic carbocycles. The molecule has 1 atom stereocenters. The van der Waals surface area contributed by atoms with E-state index in [9.17, 15) is 9.59 Å². The Balaban J connectivity index is 1.47. The van der Waals surface area contributed by atoms with Crippen molar-refractivity contribution in [3.05, 3.63) is 63.8 Å². The van der Waals surface area contributed by atoms with E-state index >= 15 is 0 Å². The second-order valence-corrected chi connectivity index (χ2v) is 6.21. The Kier molecular flexibility index (Phi) is 5.05. The third-order valence-electron chi connectivity index (χ3n) is 4.51. The number of aromatic nitrogens is 2. The number of hydrogen-bond donors (Lipinski definition) is 2. The van der Waals surface area contributed by atoms with E-state index in [0.29, 0.717) is 12.5 Å². The minimum absolute atomic E-state index is 0.196. The average Bonchev–Trinajstić information content (AvgIpc) is 3.04. The molecule has 1 amide bonds. The molecule has 1 aromatic carbocycles. The summed E-state index contributed by atoms with van der Waals surface area (Å²) in [6, 6.07) is 8.54. The fourth-order valence-electron chi connectivity index (χ4n) is 3.25. The van der Waals surface area contributed by atoms with Crippen LogP contribution in [0.5, 0.6) is 0 Å². The number of rotatable bonds is 5. The van der Waals surface area contributed by atoms with Gasteiger partial charge in [-0.05, 0) is 36.9 Å². The molecule has 3 rings (SSSR count). The first-order valence-corrected chi connectivity index (χ1v) is 8.24. The van der Waals surface area contributed by atoms with Gasteiger partial charge >= 0.3 is 0 Å². The van der Waals surface area contributed by atoms with Crippen LogP contribution in [0.1, 0.15) is 34.0 Å². The highest BCUT2D eigenvalue weighted by Gasteiger charge is 2.24. The van der Waals surface area contributed by atoms with Crippen molar-refractivity contribution in [3.8, 4) is 0 Å². The third kappa shape index (κ3) is 3.89. The number of amides is 1. The van der Waals surface area contributed by atoms with Crippen LogP contribution in [0, 0.1) is 6.92 Å². The lowest BCUT2D eigenvalue weighted by Crippen LogP contribution is -2.34. The minimum atomic E-state index is -0.372. The van der Waals surface area contributed by atoms with Gasteiger partial charge in [-0.25, -0.2) is 0 Å². The number of hydrogen-bond acceptors (Lipinski definition) is 4. The number of carbonyl (C=O) groups is 1. The molecule has 1 aliphatic rings. The molecule has 2 aromatic rings. The molecule has 6 nitrogen and oxygen atoms in total. The summed E-state index contributed by atoms with van der Waals surface area (Å²) in [7, 11) is 0. The molecule has 126 valence electrons. The fraction of sp³-hybridized carbons (Fsp3) is 0.389. The van der Waals surface area contributed by atoms with E-state index in [1.807, 2.05) is 0 Å². The molecule has 1 unspecified atom stereocenters. The van der Waals surface area contributed by atoms with Crippen molar-refractivity contribution in [2.24, 2.45) is 0 Å². The van der Waals surface area contributed by atoms with Crippen LogP contribution in [0.3, 0.4) is 0 Å². The maximum absolute atomic E-state index is 12.0. The van der Waals surface area contributed by atoms with Crippen molar-refractivity contribution >= 4 is 5.91 Å². The van der Waals surface area contributed by atoms with Gasteiger partial charge in [-0.15, -0.1) is 0 Å². The van der Waals surface area contributed by atoms with Crippen LogP contribution in [0.2, 0.25) is 0 Å². The normalized spacial score (nSPS) is 17.8. The molecule has 1 fully saturated rings. The predicted octanol–water partition coefficient (Wildman–Crippen LogP) is 1.30. The SMILES string of the molecule is Cc1ccccc1C1CCN(CCNC(=O)c2cncc(=O)[nH]2)C1. The highest BCUT2D eigenvalue weighted by molar-refractivity contribution is 5.91. The Bertz CT molecular complexity index is 771. The molecule has 24 heavy (non-hydrogen) atoms. The molecule has 1 saturated heterocycles. The summed E-state index contributed by atoms with van der Waals surface area (Å²) in [5.74, 6) is 0.270. The Morgan fingerprint density at radius 2 is 2.21 bits per heavy atom. The lowest BCUT2D eigenvalue weighted by atomic mass is 9.94. The van der Waals surface area contributed by atoms with Gasteiger partial charge in [-0.3, -0.25) is 14.6 Å². The van der Waals surface area contributed by atoms with Gasteiger partial charge in [0, 0.05) is 19.6 Å². The molecule has 0 spiro atoms. The highest BCUT2D eigenvalue weighted by Crippen LogP contribution is 2.28. The van der Waals surface area contributed by atoms with E-state index in [1.54, 1.807) is 0 Å². The quantitative estimate of drug-likeness (QED) is 0.868. The first-order valence-electron chi connectivity index (χ1n) is 8.24. The smallest absolute Gasteiger partial charge is 0.269 e. The zero-order valence-corrected chi connectivity index (χ0v) is 13.8. The van der Waals surface area contributed by atoms with Crippen LogP contribution in [-0.4, -0.2) is 47.0 Å². The van der Waals surface area contributed by atoms with E-state index in [0.717, 1.165) is 32.3 Å². The van der Waals surface area contributed by atoms with Crippen molar-refractivity contribution in [1.82, 2.24) is 20.2 Å². The van der Waals surface area contributed by atoms with E-state index in [1.165, 1.54) is 17.3 Å². The topological polar surface area (TPSA) is 78.1 Å². The Hall–Kier alpha value is -2.47. The molecule has 0 bridgehead atoms. The van der Waals surface area contributed by atoms with Crippen LogP contribution in [0.25, 0.3) is 0 Å². The van der Waals surface area contributed by atoms with Crippen molar-refractivity contribution in [1.29, 1.82) is 0 Å². The zero-order chi connectivity index (χ0) is 16.9. The van der Waals surface area contributed by atoms with E-state index in [2.05, 4.69) is 51.4 Å². The second kappa shape index (κ2) is 7.40. The number of nitrogens with one attached hydrogen (secondary N) is 2. The number of aromatic amines is 1. The fourth-order valence-corrected chi connectivity index (χ4v) is 3.25. The summed E-state index contributed by atoms with van der Waals surface area (Å²) in [4.78, 5) is 31.7. The van der Waals surface area contributed by atoms with Crippen LogP contribution in [0.15, 0.2) is 41.5 Å². The van der Waals surface area contributed by atoms with Gasteiger partial charge in [-0.2, -0.15) is 0 Å². The minimum Gasteiger partial charge on any atom is -0.349 e. The molecule has 1 aliphatic heterocycles. The number of benzene rings is 1. The van der Waals surface area contributed by atoms with Crippen LogP contribution >= 0.6 is 0 Å². The summed E-state index contributed by atoms with van der Waals surface area (Å²) in [6.45, 7) is 5.57. The maximum atomic E-state index is 12.0. The van der Waals surface area contributed by atoms with Gasteiger partial charge in [0.1, 0.15) is 5.69 Å². The van der Waals surface area contributed by atoms with E-state index < -0.39 is 0 Å². The first-order chi connectivity index (χ1) is 11.6. The summed E-state index contributed by atoms with van der Waals surface area (Å²) in [5.41, 5.74) is 2.60. The van der Waals surface area contributed by atoms with Gasteiger partial charge in [0.05, 0.1) is 12.4 Å². The summed E-state index contributed by atoms with van der Waals surface area (Å²) >= 11 is 0. The van der Waals surface area contributed by atoms with Gasteiger partial charge in [0.2, 0.25) is 0 Å². The van der Waals surface area contributed by atoms with Gasteiger partial charge in [0.15, 0.2) is 0 Å². The molecule has 2 N–H and O–H groups in total. The number of carbonyl (C=O) groups excluding carboxylic acids is 1. The lowest BCUT2D eigenvalue weighted by molar-refractivity contribution is 0.0944. The van der Waals surface area contributed by atoms with Crippen molar-refractivity contribution < 1.29 is 4.79 Å². The molecule has 2 heterocycles. The van der Waals surface area contributed by atoms with E-state index in [-0.39, 0.29) is 17.2 Å². The van der Waals surface area contributed by atoms with Crippen LogP contribution in [-0.2, 0) is 0 Å². The Labute approximate surface area is 140 Å². The summed E-state index contributed by atoms with van der Waals surface area (Å²) < 4.78 is 0. The summed E-state index contributed by atoms with van der Waals surface area (Å²) in [5, 5.41) is 2.83. The monoisotopic (exact) mass is 326 g/mol. The van der Waals surface area contributed by atoms with Gasteiger partial charge in [0.25, 0.3) is 11.5 Å². The number of nitrogens with zero attached hydrogens (tertiary/aromatic N) is 2. The molecule has 0 radical (unpaired) electrons. The third-order valence-corrected chi connectivity index (χ3v) is 4.51. The molecule has 6 heteroatoms. The Morgan fingerprint density at radius 1 is 1.38 bits per heavy atom. The molecular formula is C18H22N4O2. The van der Waals surface area contributed by atoms with E-state index in [4.69, 9.17) is 0 Å². The largest absolute Gasteiger partial charge is 0.349 e. The second-order valence-electron chi connectivity index (χ2n) is 6.21. The highest BCUT2D eigenvalue weighted by atomic mass is 16.2. The van der Waals surface area contributed by atoms with Crippen molar-refractivity contribution in [3.63, 3.8) is 0 Å². The molecule has 1 aromatic heterocycles. The molecular weight excluding hydrogens is 304 g/mol. The first kappa shape index (κ1) is 16.4. The number of aryl methyl sites for hydroxylation is 1. The predicted molar refractivity (Wildman–Crippen MR) is 92.2 cm³/mol. The zero-order valence-electron chi connectivity index (χ0n) is 13.8. The number of likely N-dealkylation sites (tertiary alicyclic amines) is 1. The number of H-pyrrole nitrogens is 1. The summed E-state index contributed by atoms with van der Waals surface area (Å²) in [6.07, 6.45) is 3.66. The lowest BCUT2D eigenvalue weighted by Gasteiger charge is -2.17. The van der Waals surface area contributed by atoms with Crippen molar-refractivity contribution in [2.45, 2.75) is 19.3 Å². The Morgan fingerprint density at radius 3 is 3.00 bits per heavy atom. The standard InChI is InChI=1S/C18H22N4O2/c1-13-4-2-3-5-15(13)14-6-8-22(12-14)9-7-20-18(24)16-10-19-11-17(23)21-16/h2-5,10-11,14H,6-9,12H2,1H3,(H,20,24)(H,21,23).